The predicted molar refractivity (Wildman–Crippen MR) is 77.1 cm³/mol. The number of aromatic nitrogens is 2. The van der Waals surface area contributed by atoms with Crippen LogP contribution in [0.4, 0.5) is 0 Å². The molecule has 0 aliphatic heterocycles. The van der Waals surface area contributed by atoms with Gasteiger partial charge in [0.15, 0.2) is 5.76 Å². The quantitative estimate of drug-likeness (QED) is 0.670. The van der Waals surface area contributed by atoms with Crippen LogP contribution in [0.3, 0.4) is 0 Å². The summed E-state index contributed by atoms with van der Waals surface area (Å²) in [7, 11) is 1.82. The number of hydrogen-bond donors (Lipinski definition) is 0. The van der Waals surface area contributed by atoms with Gasteiger partial charge in [0.25, 0.3) is 0 Å². The minimum Gasteiger partial charge on any atom is -0.453 e. The van der Waals surface area contributed by atoms with Gasteiger partial charge in [0, 0.05) is 18.1 Å². The van der Waals surface area contributed by atoms with E-state index >= 15 is 0 Å². The molecule has 0 aliphatic rings. The summed E-state index contributed by atoms with van der Waals surface area (Å²) < 4.78 is 7.36. The molecular formula is C16H16N2O2. The number of carbonyl (C=O) groups is 1. The van der Waals surface area contributed by atoms with E-state index in [1.54, 1.807) is 16.8 Å². The van der Waals surface area contributed by atoms with Crippen molar-refractivity contribution in [1.82, 2.24) is 9.78 Å². The Kier molecular flexibility index (Phi) is 2.74. The Morgan fingerprint density at radius 3 is 2.45 bits per heavy atom. The molecule has 0 spiro atoms. The van der Waals surface area contributed by atoms with Crippen molar-refractivity contribution >= 4 is 16.8 Å². The Bertz CT molecular complexity index is 766. The maximum Gasteiger partial charge on any atom is 0.248 e. The van der Waals surface area contributed by atoms with Crippen molar-refractivity contribution in [2.45, 2.75) is 20.8 Å². The molecule has 0 amide bonds. The normalized spacial score (nSPS) is 11.2. The summed E-state index contributed by atoms with van der Waals surface area (Å²) in [5.41, 5.74) is 4.43. The lowest BCUT2D eigenvalue weighted by Crippen LogP contribution is -2.01. The monoisotopic (exact) mass is 268 g/mol. The zero-order valence-corrected chi connectivity index (χ0v) is 12.0. The summed E-state index contributed by atoms with van der Waals surface area (Å²) in [6, 6.07) is 7.56. The van der Waals surface area contributed by atoms with E-state index in [1.165, 1.54) is 5.56 Å². The third kappa shape index (κ3) is 1.93. The molecule has 20 heavy (non-hydrogen) atoms. The van der Waals surface area contributed by atoms with E-state index in [9.17, 15) is 4.79 Å². The van der Waals surface area contributed by atoms with Crippen LogP contribution in [0.1, 0.15) is 33.1 Å². The van der Waals surface area contributed by atoms with Gasteiger partial charge in [-0.15, -0.1) is 0 Å². The van der Waals surface area contributed by atoms with Crippen molar-refractivity contribution in [3.63, 3.8) is 0 Å². The first kappa shape index (κ1) is 12.7. The first-order valence-corrected chi connectivity index (χ1v) is 6.52. The standard InChI is InChI=1S/C16H16N2O2/c1-9-5-12-8-15(20-14(12)6-10(9)2)16(19)13-7-11(3)18(4)17-13/h5-8H,1-4H3. The van der Waals surface area contributed by atoms with Crippen LogP contribution in [0.15, 0.2) is 28.7 Å². The van der Waals surface area contributed by atoms with E-state index in [4.69, 9.17) is 4.42 Å². The molecule has 0 unspecified atom stereocenters. The molecule has 3 aromatic rings. The number of furan rings is 1. The van der Waals surface area contributed by atoms with Gasteiger partial charge in [0.1, 0.15) is 11.3 Å². The van der Waals surface area contributed by atoms with Gasteiger partial charge in [-0.2, -0.15) is 5.10 Å². The van der Waals surface area contributed by atoms with Crippen LogP contribution in [0.2, 0.25) is 0 Å². The molecule has 0 aliphatic carbocycles. The van der Waals surface area contributed by atoms with Crippen molar-refractivity contribution in [3.05, 3.63) is 52.5 Å². The third-order valence-electron chi connectivity index (χ3n) is 3.70. The van der Waals surface area contributed by atoms with E-state index in [1.807, 2.05) is 40.0 Å². The van der Waals surface area contributed by atoms with Crippen LogP contribution in [0.25, 0.3) is 11.0 Å². The van der Waals surface area contributed by atoms with E-state index < -0.39 is 0 Å². The molecule has 2 heterocycles. The minimum atomic E-state index is -0.180. The summed E-state index contributed by atoms with van der Waals surface area (Å²) in [6.45, 7) is 5.99. The zero-order chi connectivity index (χ0) is 14.4. The first-order chi connectivity index (χ1) is 9.45. The third-order valence-corrected chi connectivity index (χ3v) is 3.70. The van der Waals surface area contributed by atoms with Crippen LogP contribution in [0.5, 0.6) is 0 Å². The number of carbonyl (C=O) groups excluding carboxylic acids is 1. The molecule has 3 rings (SSSR count). The summed E-state index contributed by atoms with van der Waals surface area (Å²) >= 11 is 0. The molecule has 0 N–H and O–H groups in total. The Balaban J connectivity index is 2.08. The fourth-order valence-corrected chi connectivity index (χ4v) is 2.21. The fraction of sp³-hybridized carbons (Fsp3) is 0.250. The van der Waals surface area contributed by atoms with Gasteiger partial charge in [-0.25, -0.2) is 0 Å². The average molecular weight is 268 g/mol. The smallest absolute Gasteiger partial charge is 0.248 e. The van der Waals surface area contributed by atoms with Crippen molar-refractivity contribution in [2.75, 3.05) is 0 Å². The summed E-state index contributed by atoms with van der Waals surface area (Å²) in [4.78, 5) is 12.4. The number of rotatable bonds is 2. The molecule has 0 radical (unpaired) electrons. The molecule has 0 fully saturated rings. The molecule has 1 aromatic carbocycles. The second kappa shape index (κ2) is 4.34. The fourth-order valence-electron chi connectivity index (χ4n) is 2.21. The van der Waals surface area contributed by atoms with Crippen molar-refractivity contribution in [3.8, 4) is 0 Å². The number of nitrogens with zero attached hydrogens (tertiary/aromatic N) is 2. The highest BCUT2D eigenvalue weighted by molar-refractivity contribution is 6.07. The Morgan fingerprint density at radius 1 is 1.10 bits per heavy atom. The second-order valence-electron chi connectivity index (χ2n) is 5.21. The number of hydrogen-bond acceptors (Lipinski definition) is 3. The van der Waals surface area contributed by atoms with Crippen LogP contribution in [-0.2, 0) is 7.05 Å². The lowest BCUT2D eigenvalue weighted by Gasteiger charge is -1.97. The molecule has 2 aromatic heterocycles. The number of aryl methyl sites for hydroxylation is 4. The predicted octanol–water partition coefficient (Wildman–Crippen LogP) is 3.32. The maximum absolute atomic E-state index is 12.4. The van der Waals surface area contributed by atoms with Crippen LogP contribution in [0, 0.1) is 20.8 Å². The van der Waals surface area contributed by atoms with Crippen molar-refractivity contribution in [1.29, 1.82) is 0 Å². The van der Waals surface area contributed by atoms with E-state index in [2.05, 4.69) is 5.10 Å². The van der Waals surface area contributed by atoms with E-state index in [0.29, 0.717) is 11.5 Å². The van der Waals surface area contributed by atoms with Gasteiger partial charge in [-0.3, -0.25) is 9.48 Å². The summed E-state index contributed by atoms with van der Waals surface area (Å²) in [6.07, 6.45) is 0. The van der Waals surface area contributed by atoms with Crippen LogP contribution in [-0.4, -0.2) is 15.6 Å². The first-order valence-electron chi connectivity index (χ1n) is 6.52. The SMILES string of the molecule is Cc1cc2cc(C(=O)c3cc(C)n(C)n3)oc2cc1C. The topological polar surface area (TPSA) is 48.0 Å². The van der Waals surface area contributed by atoms with Gasteiger partial charge in [0.2, 0.25) is 5.78 Å². The van der Waals surface area contributed by atoms with E-state index in [0.717, 1.165) is 22.2 Å². The maximum atomic E-state index is 12.4. The van der Waals surface area contributed by atoms with E-state index in [-0.39, 0.29) is 5.78 Å². The molecule has 0 saturated heterocycles. The number of fused-ring (bicyclic) bond motifs is 1. The molecule has 0 saturated carbocycles. The van der Waals surface area contributed by atoms with Crippen LogP contribution < -0.4 is 0 Å². The lowest BCUT2D eigenvalue weighted by atomic mass is 10.1. The Morgan fingerprint density at radius 2 is 1.80 bits per heavy atom. The average Bonchev–Trinajstić information content (AvgIpc) is 2.94. The number of ketones is 1. The molecule has 4 heteroatoms. The Labute approximate surface area is 117 Å². The molecular weight excluding hydrogens is 252 g/mol. The summed E-state index contributed by atoms with van der Waals surface area (Å²) in [5, 5.41) is 5.15. The summed E-state index contributed by atoms with van der Waals surface area (Å²) in [5.74, 6) is 0.156. The molecule has 0 bridgehead atoms. The largest absolute Gasteiger partial charge is 0.453 e. The number of benzene rings is 1. The lowest BCUT2D eigenvalue weighted by molar-refractivity contribution is 0.101. The highest BCUT2D eigenvalue weighted by Crippen LogP contribution is 2.24. The molecule has 0 atom stereocenters. The Hall–Kier alpha value is -2.36. The highest BCUT2D eigenvalue weighted by atomic mass is 16.3. The van der Waals surface area contributed by atoms with Gasteiger partial charge in [0.05, 0.1) is 0 Å². The molecule has 4 nitrogen and oxygen atoms in total. The zero-order valence-electron chi connectivity index (χ0n) is 12.0. The van der Waals surface area contributed by atoms with Crippen LogP contribution >= 0.6 is 0 Å². The van der Waals surface area contributed by atoms with Gasteiger partial charge in [-0.05, 0) is 56.2 Å². The highest BCUT2D eigenvalue weighted by Gasteiger charge is 2.18. The second-order valence-corrected chi connectivity index (χ2v) is 5.21. The van der Waals surface area contributed by atoms with Crippen molar-refractivity contribution in [2.24, 2.45) is 7.05 Å². The minimum absolute atomic E-state index is 0.180. The van der Waals surface area contributed by atoms with Gasteiger partial charge < -0.3 is 4.42 Å². The molecule has 102 valence electrons. The van der Waals surface area contributed by atoms with Crippen molar-refractivity contribution < 1.29 is 9.21 Å². The van der Waals surface area contributed by atoms with Gasteiger partial charge >= 0.3 is 0 Å². The van der Waals surface area contributed by atoms with Gasteiger partial charge in [-0.1, -0.05) is 0 Å².